The van der Waals surface area contributed by atoms with Crippen LogP contribution in [0, 0.1) is 0 Å². The number of fused-ring (bicyclic) bond motifs is 4. The van der Waals surface area contributed by atoms with Crippen molar-refractivity contribution in [1.29, 1.82) is 0 Å². The highest BCUT2D eigenvalue weighted by Gasteiger charge is 2.16. The minimum Gasteiger partial charge on any atom is -0.355 e. The summed E-state index contributed by atoms with van der Waals surface area (Å²) in [4.78, 5) is 2.37. The molecule has 0 atom stereocenters. The van der Waals surface area contributed by atoms with Gasteiger partial charge in [-0.2, -0.15) is 0 Å². The zero-order valence-corrected chi connectivity index (χ0v) is 30.9. The average molecular weight is 721 g/mol. The molecular formula is C52H36N2S. The van der Waals surface area contributed by atoms with E-state index in [1.54, 1.807) is 0 Å². The minimum absolute atomic E-state index is 1.07. The molecule has 0 aliphatic carbocycles. The molecule has 0 saturated carbocycles. The van der Waals surface area contributed by atoms with Crippen molar-refractivity contribution in [1.82, 2.24) is 0 Å². The van der Waals surface area contributed by atoms with Gasteiger partial charge in [0.1, 0.15) is 0 Å². The Bertz CT molecular complexity index is 2890. The first-order valence-electron chi connectivity index (χ1n) is 18.7. The number of nitrogens with one attached hydrogen (secondary N) is 1. The van der Waals surface area contributed by atoms with Crippen LogP contribution in [0.4, 0.5) is 28.4 Å². The Labute approximate surface area is 325 Å². The van der Waals surface area contributed by atoms with E-state index in [2.05, 4.69) is 223 Å². The maximum atomic E-state index is 3.75. The molecule has 260 valence electrons. The molecule has 0 unspecified atom stereocenters. The molecule has 0 aliphatic heterocycles. The molecule has 0 aliphatic rings. The topological polar surface area (TPSA) is 15.3 Å². The summed E-state index contributed by atoms with van der Waals surface area (Å²) >= 11 is 1.85. The molecule has 2 nitrogen and oxygen atoms in total. The predicted molar refractivity (Wildman–Crippen MR) is 238 cm³/mol. The van der Waals surface area contributed by atoms with Crippen molar-refractivity contribution in [3.05, 3.63) is 212 Å². The lowest BCUT2D eigenvalue weighted by Gasteiger charge is -2.27. The van der Waals surface area contributed by atoms with Crippen LogP contribution in [0.1, 0.15) is 0 Å². The van der Waals surface area contributed by atoms with E-state index in [9.17, 15) is 0 Å². The third-order valence-electron chi connectivity index (χ3n) is 10.4. The largest absolute Gasteiger partial charge is 0.355 e. The fourth-order valence-electron chi connectivity index (χ4n) is 7.73. The lowest BCUT2D eigenvalue weighted by Crippen LogP contribution is -2.10. The van der Waals surface area contributed by atoms with Crippen LogP contribution in [0.2, 0.25) is 0 Å². The van der Waals surface area contributed by atoms with E-state index in [1.165, 1.54) is 64.3 Å². The maximum Gasteiger partial charge on any atom is 0.0540 e. The molecule has 0 saturated heterocycles. The molecule has 1 heterocycles. The molecule has 0 spiro atoms. The number of rotatable bonds is 8. The van der Waals surface area contributed by atoms with Crippen LogP contribution in [0.5, 0.6) is 0 Å². The quantitative estimate of drug-likeness (QED) is 0.168. The number of benzene rings is 9. The van der Waals surface area contributed by atoms with E-state index in [-0.39, 0.29) is 0 Å². The monoisotopic (exact) mass is 720 g/mol. The summed E-state index contributed by atoms with van der Waals surface area (Å²) < 4.78 is 2.55. The van der Waals surface area contributed by atoms with Gasteiger partial charge in [-0.3, -0.25) is 0 Å². The van der Waals surface area contributed by atoms with Crippen molar-refractivity contribution in [3.63, 3.8) is 0 Å². The molecule has 1 N–H and O–H groups in total. The fourth-order valence-corrected chi connectivity index (χ4v) is 8.85. The Hall–Kier alpha value is -6.94. The fraction of sp³-hybridized carbons (Fsp3) is 0. The van der Waals surface area contributed by atoms with Crippen molar-refractivity contribution in [2.75, 3.05) is 10.2 Å². The van der Waals surface area contributed by atoms with Gasteiger partial charge in [-0.15, -0.1) is 11.3 Å². The van der Waals surface area contributed by atoms with Gasteiger partial charge in [0.05, 0.1) is 5.69 Å². The van der Waals surface area contributed by atoms with E-state index in [0.29, 0.717) is 0 Å². The van der Waals surface area contributed by atoms with Crippen LogP contribution in [0.25, 0.3) is 64.3 Å². The standard InChI is InChI=1S/C52H36N2S/c1-4-14-36(15-5-1)41-30-42(37-16-6-2-7-17-37)32-44(31-41)53-43-27-28-48-49-34-40(26-29-51(49)55-52(48)35-43)39-20-12-23-46(33-39)54(45-21-8-3-9-22-45)50-25-13-19-38-18-10-11-24-47(38)50/h1-35,53H. The second-order valence-corrected chi connectivity index (χ2v) is 15.0. The van der Waals surface area contributed by atoms with Crippen molar-refractivity contribution < 1.29 is 0 Å². The lowest BCUT2D eigenvalue weighted by molar-refractivity contribution is 1.30. The van der Waals surface area contributed by atoms with Crippen LogP contribution >= 0.6 is 11.3 Å². The molecule has 1 aromatic heterocycles. The number of para-hydroxylation sites is 1. The van der Waals surface area contributed by atoms with Crippen LogP contribution in [0.3, 0.4) is 0 Å². The molecule has 3 heteroatoms. The van der Waals surface area contributed by atoms with Crippen LogP contribution in [0.15, 0.2) is 212 Å². The summed E-state index contributed by atoms with van der Waals surface area (Å²) in [5.74, 6) is 0. The first kappa shape index (κ1) is 32.7. The van der Waals surface area contributed by atoms with Gasteiger partial charge in [-0.1, -0.05) is 140 Å². The van der Waals surface area contributed by atoms with Gasteiger partial charge in [0.2, 0.25) is 0 Å². The highest BCUT2D eigenvalue weighted by atomic mass is 32.1. The Morgan fingerprint density at radius 2 is 0.945 bits per heavy atom. The zero-order valence-electron chi connectivity index (χ0n) is 30.1. The summed E-state index contributed by atoms with van der Waals surface area (Å²) in [7, 11) is 0. The summed E-state index contributed by atoms with van der Waals surface area (Å²) in [6.45, 7) is 0. The van der Waals surface area contributed by atoms with Crippen molar-refractivity contribution >= 4 is 70.7 Å². The van der Waals surface area contributed by atoms with Gasteiger partial charge < -0.3 is 10.2 Å². The van der Waals surface area contributed by atoms with Crippen LogP contribution in [-0.2, 0) is 0 Å². The van der Waals surface area contributed by atoms with Gasteiger partial charge in [0.15, 0.2) is 0 Å². The molecule has 0 fully saturated rings. The van der Waals surface area contributed by atoms with E-state index in [1.807, 2.05) is 11.3 Å². The second kappa shape index (κ2) is 14.1. The van der Waals surface area contributed by atoms with Gasteiger partial charge in [0.25, 0.3) is 0 Å². The van der Waals surface area contributed by atoms with Crippen LogP contribution in [-0.4, -0.2) is 0 Å². The number of nitrogens with zero attached hydrogens (tertiary/aromatic N) is 1. The first-order valence-corrected chi connectivity index (χ1v) is 19.5. The minimum atomic E-state index is 1.07. The number of anilines is 5. The van der Waals surface area contributed by atoms with Gasteiger partial charge in [-0.05, 0) is 112 Å². The third-order valence-corrected chi connectivity index (χ3v) is 11.5. The van der Waals surface area contributed by atoms with Gasteiger partial charge >= 0.3 is 0 Å². The Morgan fingerprint density at radius 1 is 0.327 bits per heavy atom. The van der Waals surface area contributed by atoms with Crippen molar-refractivity contribution in [2.24, 2.45) is 0 Å². The summed E-state index contributed by atoms with van der Waals surface area (Å²) in [5.41, 5.74) is 12.7. The molecular weight excluding hydrogens is 685 g/mol. The number of hydrogen-bond donors (Lipinski definition) is 1. The Morgan fingerprint density at radius 3 is 1.71 bits per heavy atom. The van der Waals surface area contributed by atoms with E-state index < -0.39 is 0 Å². The molecule has 55 heavy (non-hydrogen) atoms. The zero-order chi connectivity index (χ0) is 36.6. The first-order chi connectivity index (χ1) is 27.2. The SMILES string of the molecule is c1ccc(-c2cc(Nc3ccc4c(c3)sc3ccc(-c5cccc(N(c6ccccc6)c6cccc7ccccc67)c5)cc34)cc(-c3ccccc3)c2)cc1. The maximum absolute atomic E-state index is 3.75. The smallest absolute Gasteiger partial charge is 0.0540 e. The highest BCUT2D eigenvalue weighted by Crippen LogP contribution is 2.42. The Kier molecular flexibility index (Phi) is 8.40. The Balaban J connectivity index is 1.00. The summed E-state index contributed by atoms with van der Waals surface area (Å²) in [6.07, 6.45) is 0. The molecule has 10 aromatic rings. The second-order valence-electron chi connectivity index (χ2n) is 13.9. The normalized spacial score (nSPS) is 11.3. The van der Waals surface area contributed by atoms with Crippen molar-refractivity contribution in [2.45, 2.75) is 0 Å². The van der Waals surface area contributed by atoms with E-state index in [4.69, 9.17) is 0 Å². The van der Waals surface area contributed by atoms with Crippen LogP contribution < -0.4 is 10.2 Å². The molecule has 0 radical (unpaired) electrons. The molecule has 0 amide bonds. The third kappa shape index (κ3) is 6.41. The van der Waals surface area contributed by atoms with Gasteiger partial charge in [0, 0.05) is 48.3 Å². The van der Waals surface area contributed by atoms with E-state index in [0.717, 1.165) is 28.4 Å². The predicted octanol–water partition coefficient (Wildman–Crippen LogP) is 15.4. The van der Waals surface area contributed by atoms with Crippen molar-refractivity contribution in [3.8, 4) is 33.4 Å². The highest BCUT2D eigenvalue weighted by molar-refractivity contribution is 7.25. The summed E-state index contributed by atoms with van der Waals surface area (Å²) in [5, 5.41) is 8.75. The lowest BCUT2D eigenvalue weighted by atomic mass is 9.98. The van der Waals surface area contributed by atoms with E-state index >= 15 is 0 Å². The molecule has 9 aromatic carbocycles. The van der Waals surface area contributed by atoms with Gasteiger partial charge in [-0.25, -0.2) is 0 Å². The number of thiophene rings is 1. The summed E-state index contributed by atoms with van der Waals surface area (Å²) in [6, 6.07) is 76.4. The average Bonchev–Trinajstić information content (AvgIpc) is 3.62. The number of hydrogen-bond acceptors (Lipinski definition) is 3. The molecule has 10 rings (SSSR count). The molecule has 0 bridgehead atoms.